The molecule has 0 aliphatic carbocycles. The molecule has 1 unspecified atom stereocenters. The average Bonchev–Trinajstić information content (AvgIpc) is 3.31. The van der Waals surface area contributed by atoms with Gasteiger partial charge < -0.3 is 4.42 Å². The topological polar surface area (TPSA) is 45.8 Å². The van der Waals surface area contributed by atoms with E-state index in [-0.39, 0.29) is 11.9 Å². The first kappa shape index (κ1) is 16.6. The summed E-state index contributed by atoms with van der Waals surface area (Å²) in [5.41, 5.74) is 3.56. The fraction of sp³-hybridized carbons (Fsp3) is 0.143. The van der Waals surface area contributed by atoms with Gasteiger partial charge in [-0.2, -0.15) is 5.10 Å². The first-order valence-electron chi connectivity index (χ1n) is 8.39. The van der Waals surface area contributed by atoms with E-state index in [2.05, 4.69) is 5.10 Å². The molecule has 4 rings (SSSR count). The van der Waals surface area contributed by atoms with Crippen molar-refractivity contribution in [3.05, 3.63) is 94.4 Å². The van der Waals surface area contributed by atoms with Gasteiger partial charge in [0, 0.05) is 17.0 Å². The second kappa shape index (κ2) is 6.81. The zero-order valence-corrected chi connectivity index (χ0v) is 15.0. The molecule has 1 amide bonds. The molecule has 1 aliphatic heterocycles. The number of halogens is 1. The molecule has 1 atom stereocenters. The molecule has 0 saturated heterocycles. The summed E-state index contributed by atoms with van der Waals surface area (Å²) in [5.74, 6) is 0.516. The van der Waals surface area contributed by atoms with Crippen molar-refractivity contribution in [2.75, 3.05) is 0 Å². The van der Waals surface area contributed by atoms with Gasteiger partial charge in [-0.05, 0) is 42.8 Å². The largest absolute Gasteiger partial charge is 0.467 e. The Morgan fingerprint density at radius 3 is 2.65 bits per heavy atom. The molecule has 130 valence electrons. The van der Waals surface area contributed by atoms with Crippen molar-refractivity contribution < 1.29 is 9.21 Å². The number of hydrogen-bond acceptors (Lipinski definition) is 3. The van der Waals surface area contributed by atoms with Gasteiger partial charge in [-0.15, -0.1) is 0 Å². The number of nitrogens with zero attached hydrogens (tertiary/aromatic N) is 2. The van der Waals surface area contributed by atoms with Crippen LogP contribution in [0.1, 0.15) is 39.7 Å². The lowest BCUT2D eigenvalue weighted by Gasteiger charge is -2.20. The molecule has 2 aromatic carbocycles. The summed E-state index contributed by atoms with van der Waals surface area (Å²) in [7, 11) is 0. The molecule has 4 nitrogen and oxygen atoms in total. The van der Waals surface area contributed by atoms with Gasteiger partial charge >= 0.3 is 0 Å². The molecule has 0 spiro atoms. The summed E-state index contributed by atoms with van der Waals surface area (Å²) in [5, 5.41) is 6.65. The minimum Gasteiger partial charge on any atom is -0.467 e. The van der Waals surface area contributed by atoms with Crippen LogP contribution in [0, 0.1) is 6.92 Å². The number of amides is 1. The Hall–Kier alpha value is -2.85. The molecule has 5 heteroatoms. The molecule has 0 bridgehead atoms. The van der Waals surface area contributed by atoms with E-state index in [1.54, 1.807) is 30.5 Å². The van der Waals surface area contributed by atoms with Gasteiger partial charge in [0.2, 0.25) is 0 Å². The lowest BCUT2D eigenvalue weighted by atomic mass is 10.0. The summed E-state index contributed by atoms with van der Waals surface area (Å²) in [6, 6.07) is 18.5. The maximum atomic E-state index is 13.1. The quantitative estimate of drug-likeness (QED) is 0.638. The van der Waals surface area contributed by atoms with Crippen LogP contribution in [0.2, 0.25) is 5.02 Å². The summed E-state index contributed by atoms with van der Waals surface area (Å²) >= 11 is 6.05. The average molecular weight is 365 g/mol. The van der Waals surface area contributed by atoms with Gasteiger partial charge in [0.15, 0.2) is 0 Å². The van der Waals surface area contributed by atoms with Crippen LogP contribution in [-0.4, -0.2) is 16.6 Å². The van der Waals surface area contributed by atoms with Crippen LogP contribution in [0.15, 0.2) is 76.4 Å². The predicted molar refractivity (Wildman–Crippen MR) is 101 cm³/mol. The van der Waals surface area contributed by atoms with E-state index in [9.17, 15) is 4.79 Å². The van der Waals surface area contributed by atoms with Gasteiger partial charge in [-0.1, -0.05) is 47.5 Å². The zero-order valence-electron chi connectivity index (χ0n) is 14.2. The maximum absolute atomic E-state index is 13.1. The molecule has 0 radical (unpaired) electrons. The van der Waals surface area contributed by atoms with Crippen molar-refractivity contribution in [1.29, 1.82) is 0 Å². The Labute approximate surface area is 156 Å². The van der Waals surface area contributed by atoms with Gasteiger partial charge in [-0.3, -0.25) is 4.79 Å². The minimum absolute atomic E-state index is 0.198. The van der Waals surface area contributed by atoms with Gasteiger partial charge in [-0.25, -0.2) is 5.01 Å². The Kier molecular flexibility index (Phi) is 4.35. The molecule has 2 heterocycles. The van der Waals surface area contributed by atoms with E-state index in [0.29, 0.717) is 22.8 Å². The lowest BCUT2D eigenvalue weighted by Crippen LogP contribution is -2.26. The van der Waals surface area contributed by atoms with Crippen molar-refractivity contribution in [3.63, 3.8) is 0 Å². The third-order valence-corrected chi connectivity index (χ3v) is 4.68. The molecule has 3 aromatic rings. The molecule has 26 heavy (non-hydrogen) atoms. The molecule has 0 fully saturated rings. The van der Waals surface area contributed by atoms with Crippen LogP contribution in [0.3, 0.4) is 0 Å². The van der Waals surface area contributed by atoms with Crippen LogP contribution < -0.4 is 0 Å². The Morgan fingerprint density at radius 1 is 1.15 bits per heavy atom. The smallest absolute Gasteiger partial charge is 0.274 e. The van der Waals surface area contributed by atoms with E-state index >= 15 is 0 Å². The van der Waals surface area contributed by atoms with Gasteiger partial charge in [0.25, 0.3) is 5.91 Å². The van der Waals surface area contributed by atoms with E-state index in [0.717, 1.165) is 11.3 Å². The Morgan fingerprint density at radius 2 is 1.96 bits per heavy atom. The molecule has 0 N–H and O–H groups in total. The van der Waals surface area contributed by atoms with Crippen molar-refractivity contribution in [3.8, 4) is 0 Å². The van der Waals surface area contributed by atoms with Gasteiger partial charge in [0.05, 0.1) is 12.0 Å². The second-order valence-corrected chi connectivity index (χ2v) is 6.74. The number of benzene rings is 2. The number of carbonyl (C=O) groups excluding carboxylic acids is 1. The normalized spacial score (nSPS) is 16.6. The first-order chi connectivity index (χ1) is 12.6. The first-order valence-corrected chi connectivity index (χ1v) is 8.76. The zero-order chi connectivity index (χ0) is 18.1. The number of carbonyl (C=O) groups is 1. The van der Waals surface area contributed by atoms with Crippen molar-refractivity contribution >= 4 is 23.2 Å². The Bertz CT molecular complexity index is 962. The number of furan rings is 1. The van der Waals surface area contributed by atoms with Crippen LogP contribution >= 0.6 is 11.6 Å². The van der Waals surface area contributed by atoms with E-state index in [1.165, 1.54) is 10.6 Å². The Balaban J connectivity index is 1.72. The highest BCUT2D eigenvalue weighted by Crippen LogP contribution is 2.34. The van der Waals surface area contributed by atoms with Crippen molar-refractivity contribution in [1.82, 2.24) is 5.01 Å². The lowest BCUT2D eigenvalue weighted by molar-refractivity contribution is 0.0693. The summed E-state index contributed by atoms with van der Waals surface area (Å²) in [4.78, 5) is 13.1. The summed E-state index contributed by atoms with van der Waals surface area (Å²) in [6.45, 7) is 2.04. The van der Waals surface area contributed by atoms with Crippen molar-refractivity contribution in [2.45, 2.75) is 19.4 Å². The number of aryl methyl sites for hydroxylation is 1. The van der Waals surface area contributed by atoms with E-state index in [4.69, 9.17) is 16.0 Å². The molecular formula is C21H17ClN2O2. The highest BCUT2D eigenvalue weighted by molar-refractivity contribution is 6.31. The molecule has 0 saturated carbocycles. The van der Waals surface area contributed by atoms with Crippen LogP contribution in [0.5, 0.6) is 0 Å². The summed E-state index contributed by atoms with van der Waals surface area (Å²) < 4.78 is 5.57. The summed E-state index contributed by atoms with van der Waals surface area (Å²) in [6.07, 6.45) is 2.21. The molecule has 1 aromatic heterocycles. The SMILES string of the molecule is Cc1ccc(C2=NN(C(=O)c3cccc(Cl)c3)C(c3ccco3)C2)cc1. The standard InChI is InChI=1S/C21H17ClN2O2/c1-14-7-9-15(10-8-14)18-13-19(20-6-3-11-26-20)24(23-18)21(25)16-4-2-5-17(22)12-16/h2-12,19H,13H2,1H3. The minimum atomic E-state index is -0.271. The van der Waals surface area contributed by atoms with Crippen molar-refractivity contribution in [2.24, 2.45) is 5.10 Å². The third kappa shape index (κ3) is 3.16. The van der Waals surface area contributed by atoms with E-state index < -0.39 is 0 Å². The predicted octanol–water partition coefficient (Wildman–Crippen LogP) is 5.23. The van der Waals surface area contributed by atoms with Crippen LogP contribution in [-0.2, 0) is 0 Å². The molecule has 1 aliphatic rings. The number of rotatable bonds is 3. The molecular weight excluding hydrogens is 348 g/mol. The maximum Gasteiger partial charge on any atom is 0.274 e. The van der Waals surface area contributed by atoms with Crippen LogP contribution in [0.4, 0.5) is 0 Å². The van der Waals surface area contributed by atoms with Crippen LogP contribution in [0.25, 0.3) is 0 Å². The monoisotopic (exact) mass is 364 g/mol. The van der Waals surface area contributed by atoms with Gasteiger partial charge in [0.1, 0.15) is 11.8 Å². The number of hydrazone groups is 1. The fourth-order valence-electron chi connectivity index (χ4n) is 3.07. The fourth-order valence-corrected chi connectivity index (χ4v) is 3.26. The second-order valence-electron chi connectivity index (χ2n) is 6.31. The highest BCUT2D eigenvalue weighted by atomic mass is 35.5. The highest BCUT2D eigenvalue weighted by Gasteiger charge is 2.35. The number of hydrogen-bond donors (Lipinski definition) is 0. The van der Waals surface area contributed by atoms with E-state index in [1.807, 2.05) is 43.3 Å². The third-order valence-electron chi connectivity index (χ3n) is 4.45.